The summed E-state index contributed by atoms with van der Waals surface area (Å²) < 4.78 is 0. The lowest BCUT2D eigenvalue weighted by Gasteiger charge is -2.25. The van der Waals surface area contributed by atoms with Crippen LogP contribution < -0.4 is 0 Å². The van der Waals surface area contributed by atoms with Crippen LogP contribution in [-0.4, -0.2) is 10.9 Å². The van der Waals surface area contributed by atoms with Crippen molar-refractivity contribution < 1.29 is 5.21 Å². The molecule has 0 aromatic rings. The van der Waals surface area contributed by atoms with Crippen molar-refractivity contribution in [3.8, 4) is 0 Å². The molecule has 0 heterocycles. The van der Waals surface area contributed by atoms with E-state index >= 15 is 0 Å². The summed E-state index contributed by atoms with van der Waals surface area (Å²) in [5.74, 6) is 1.50. The number of hydrogen-bond donors (Lipinski definition) is 1. The molecule has 0 radical (unpaired) electrons. The molecule has 0 aliphatic heterocycles. The third-order valence-corrected chi connectivity index (χ3v) is 3.22. The van der Waals surface area contributed by atoms with E-state index in [-0.39, 0.29) is 0 Å². The van der Waals surface area contributed by atoms with Gasteiger partial charge in [-0.25, -0.2) is 0 Å². The van der Waals surface area contributed by atoms with Crippen LogP contribution >= 0.6 is 0 Å². The summed E-state index contributed by atoms with van der Waals surface area (Å²) in [5.41, 5.74) is 1.08. The first-order chi connectivity index (χ1) is 5.42. The molecule has 0 spiro atoms. The van der Waals surface area contributed by atoms with E-state index in [0.717, 1.165) is 18.1 Å². The van der Waals surface area contributed by atoms with Crippen LogP contribution in [0.5, 0.6) is 0 Å². The van der Waals surface area contributed by atoms with E-state index in [2.05, 4.69) is 5.16 Å². The van der Waals surface area contributed by atoms with Crippen LogP contribution in [0.2, 0.25) is 0 Å². The zero-order valence-electron chi connectivity index (χ0n) is 6.79. The van der Waals surface area contributed by atoms with E-state index in [4.69, 9.17) is 5.21 Å². The van der Waals surface area contributed by atoms with Crippen LogP contribution in [0.4, 0.5) is 0 Å². The molecule has 2 aliphatic carbocycles. The van der Waals surface area contributed by atoms with Crippen molar-refractivity contribution in [2.24, 2.45) is 17.0 Å². The maximum atomic E-state index is 8.73. The van der Waals surface area contributed by atoms with Crippen LogP contribution in [0, 0.1) is 11.8 Å². The Balaban J connectivity index is 2.12. The van der Waals surface area contributed by atoms with Gasteiger partial charge in [0.2, 0.25) is 0 Å². The summed E-state index contributed by atoms with van der Waals surface area (Å²) in [6.45, 7) is 0. The lowest BCUT2D eigenvalue weighted by molar-refractivity contribution is 0.300. The molecule has 2 atom stereocenters. The average Bonchev–Trinajstić information content (AvgIpc) is 2.50. The standard InChI is InChI=1S/C9H15NO/c11-10-9-6-2-4-7-3-1-5-8(7)9/h7-8,11H,1-6H2/b10-9-/t7-,8-/m1/s1. The van der Waals surface area contributed by atoms with E-state index in [1.165, 1.54) is 32.1 Å². The highest BCUT2D eigenvalue weighted by Crippen LogP contribution is 2.40. The van der Waals surface area contributed by atoms with Crippen molar-refractivity contribution in [1.82, 2.24) is 0 Å². The first-order valence-corrected chi connectivity index (χ1v) is 4.62. The van der Waals surface area contributed by atoms with Gasteiger partial charge in [-0.05, 0) is 38.0 Å². The fourth-order valence-electron chi connectivity index (χ4n) is 2.68. The van der Waals surface area contributed by atoms with Gasteiger partial charge in [0.25, 0.3) is 0 Å². The Morgan fingerprint density at radius 3 is 2.82 bits per heavy atom. The molecule has 2 fully saturated rings. The Kier molecular flexibility index (Phi) is 1.84. The molecule has 2 nitrogen and oxygen atoms in total. The van der Waals surface area contributed by atoms with Crippen LogP contribution in [0.15, 0.2) is 5.16 Å². The largest absolute Gasteiger partial charge is 0.411 e. The molecular weight excluding hydrogens is 138 g/mol. The van der Waals surface area contributed by atoms with E-state index in [1.54, 1.807) is 0 Å². The second-order valence-corrected chi connectivity index (χ2v) is 3.78. The minimum atomic E-state index is 0.647. The molecule has 0 amide bonds. The van der Waals surface area contributed by atoms with Gasteiger partial charge < -0.3 is 5.21 Å². The summed E-state index contributed by atoms with van der Waals surface area (Å²) in [4.78, 5) is 0. The molecule has 0 unspecified atom stereocenters. The van der Waals surface area contributed by atoms with Crippen molar-refractivity contribution in [2.45, 2.75) is 38.5 Å². The Bertz CT molecular complexity index is 176. The Morgan fingerprint density at radius 2 is 2.00 bits per heavy atom. The van der Waals surface area contributed by atoms with E-state index in [9.17, 15) is 0 Å². The summed E-state index contributed by atoms with van der Waals surface area (Å²) >= 11 is 0. The molecule has 2 rings (SSSR count). The first-order valence-electron chi connectivity index (χ1n) is 4.62. The predicted octanol–water partition coefficient (Wildman–Crippen LogP) is 2.42. The van der Waals surface area contributed by atoms with E-state index < -0.39 is 0 Å². The molecule has 62 valence electrons. The maximum Gasteiger partial charge on any atom is 0.0604 e. The number of oxime groups is 1. The first kappa shape index (κ1) is 7.14. The van der Waals surface area contributed by atoms with Gasteiger partial charge in [-0.1, -0.05) is 11.6 Å². The quantitative estimate of drug-likeness (QED) is 0.420. The van der Waals surface area contributed by atoms with Crippen LogP contribution in [0.3, 0.4) is 0 Å². The average molecular weight is 153 g/mol. The highest BCUT2D eigenvalue weighted by atomic mass is 16.4. The zero-order chi connectivity index (χ0) is 7.68. The van der Waals surface area contributed by atoms with Crippen molar-refractivity contribution in [2.75, 3.05) is 0 Å². The molecular formula is C9H15NO. The van der Waals surface area contributed by atoms with Gasteiger partial charge in [0.15, 0.2) is 0 Å². The number of nitrogens with zero attached hydrogens (tertiary/aromatic N) is 1. The van der Waals surface area contributed by atoms with Crippen molar-refractivity contribution in [3.05, 3.63) is 0 Å². The minimum Gasteiger partial charge on any atom is -0.411 e. The molecule has 2 aliphatic rings. The maximum absolute atomic E-state index is 8.73. The Labute approximate surface area is 67.3 Å². The molecule has 0 saturated heterocycles. The SMILES string of the molecule is O/N=C1/CCC[C@H]2CCC[C@@H]12. The van der Waals surface area contributed by atoms with Gasteiger partial charge in [-0.3, -0.25) is 0 Å². The van der Waals surface area contributed by atoms with Crippen molar-refractivity contribution in [1.29, 1.82) is 0 Å². The highest BCUT2D eigenvalue weighted by molar-refractivity contribution is 5.87. The summed E-state index contributed by atoms with van der Waals surface area (Å²) in [6, 6.07) is 0. The fourth-order valence-corrected chi connectivity index (χ4v) is 2.68. The zero-order valence-corrected chi connectivity index (χ0v) is 6.79. The Hall–Kier alpha value is -0.530. The molecule has 2 saturated carbocycles. The molecule has 0 aromatic carbocycles. The summed E-state index contributed by atoms with van der Waals surface area (Å²) in [5, 5.41) is 12.1. The van der Waals surface area contributed by atoms with Gasteiger partial charge in [0.05, 0.1) is 5.71 Å². The topological polar surface area (TPSA) is 32.6 Å². The van der Waals surface area contributed by atoms with Gasteiger partial charge in [0.1, 0.15) is 0 Å². The summed E-state index contributed by atoms with van der Waals surface area (Å²) in [7, 11) is 0. The lowest BCUT2D eigenvalue weighted by atomic mass is 9.80. The predicted molar refractivity (Wildman–Crippen MR) is 43.9 cm³/mol. The molecule has 0 aromatic heterocycles. The summed E-state index contributed by atoms with van der Waals surface area (Å²) in [6.07, 6.45) is 7.62. The second-order valence-electron chi connectivity index (χ2n) is 3.78. The molecule has 1 N–H and O–H groups in total. The minimum absolute atomic E-state index is 0.647. The Morgan fingerprint density at radius 1 is 1.18 bits per heavy atom. The van der Waals surface area contributed by atoms with Crippen molar-refractivity contribution >= 4 is 5.71 Å². The normalized spacial score (nSPS) is 40.9. The molecule has 11 heavy (non-hydrogen) atoms. The van der Waals surface area contributed by atoms with Crippen LogP contribution in [0.1, 0.15) is 38.5 Å². The molecule has 0 bridgehead atoms. The number of rotatable bonds is 0. The van der Waals surface area contributed by atoms with Crippen molar-refractivity contribution in [3.63, 3.8) is 0 Å². The van der Waals surface area contributed by atoms with E-state index in [1.807, 2.05) is 0 Å². The number of hydrogen-bond acceptors (Lipinski definition) is 2. The molecule has 2 heteroatoms. The third-order valence-electron chi connectivity index (χ3n) is 3.22. The lowest BCUT2D eigenvalue weighted by Crippen LogP contribution is -2.23. The van der Waals surface area contributed by atoms with Gasteiger partial charge in [0, 0.05) is 5.92 Å². The van der Waals surface area contributed by atoms with Gasteiger partial charge in [-0.2, -0.15) is 0 Å². The van der Waals surface area contributed by atoms with Gasteiger partial charge in [-0.15, -0.1) is 0 Å². The number of fused-ring (bicyclic) bond motifs is 1. The van der Waals surface area contributed by atoms with E-state index in [0.29, 0.717) is 5.92 Å². The van der Waals surface area contributed by atoms with Gasteiger partial charge >= 0.3 is 0 Å². The third kappa shape index (κ3) is 1.15. The smallest absolute Gasteiger partial charge is 0.0604 e. The van der Waals surface area contributed by atoms with Crippen LogP contribution in [0.25, 0.3) is 0 Å². The monoisotopic (exact) mass is 153 g/mol. The second kappa shape index (κ2) is 2.84. The fraction of sp³-hybridized carbons (Fsp3) is 0.889. The van der Waals surface area contributed by atoms with Crippen LogP contribution in [-0.2, 0) is 0 Å². The highest BCUT2D eigenvalue weighted by Gasteiger charge is 2.33.